The first-order valence-electron chi connectivity index (χ1n) is 5.86. The first kappa shape index (κ1) is 11.6. The van der Waals surface area contributed by atoms with Crippen molar-refractivity contribution in [2.75, 3.05) is 6.61 Å². The molecule has 0 aromatic heterocycles. The topological polar surface area (TPSA) is 26.3 Å². The second kappa shape index (κ2) is 5.00. The van der Waals surface area contributed by atoms with Gasteiger partial charge in [0, 0.05) is 5.57 Å². The fourth-order valence-electron chi connectivity index (χ4n) is 1.91. The number of rotatable bonds is 3. The van der Waals surface area contributed by atoms with Gasteiger partial charge in [-0.2, -0.15) is 0 Å². The summed E-state index contributed by atoms with van der Waals surface area (Å²) in [7, 11) is 0. The lowest BCUT2D eigenvalue weighted by Crippen LogP contribution is -1.94. The van der Waals surface area contributed by atoms with Crippen LogP contribution in [-0.2, 0) is 4.79 Å². The van der Waals surface area contributed by atoms with Gasteiger partial charge in [-0.25, -0.2) is 0 Å². The van der Waals surface area contributed by atoms with E-state index in [0.29, 0.717) is 6.61 Å². The van der Waals surface area contributed by atoms with Crippen molar-refractivity contribution in [3.8, 4) is 5.75 Å². The fraction of sp³-hybridized carbons (Fsp3) is 0.267. The minimum atomic E-state index is 0.110. The highest BCUT2D eigenvalue weighted by Crippen LogP contribution is 2.26. The number of hydrogen-bond acceptors (Lipinski definition) is 2. The highest BCUT2D eigenvalue weighted by molar-refractivity contribution is 6.12. The van der Waals surface area contributed by atoms with Crippen LogP contribution in [-0.4, -0.2) is 12.4 Å². The highest BCUT2D eigenvalue weighted by Gasteiger charge is 2.20. The molecule has 1 aliphatic rings. The minimum Gasteiger partial charge on any atom is -0.494 e. The molecule has 0 spiro atoms. The maximum atomic E-state index is 11.7. The molecule has 2 rings (SSSR count). The Labute approximate surface area is 102 Å². The van der Waals surface area contributed by atoms with Gasteiger partial charge in [-0.3, -0.25) is 4.79 Å². The fourth-order valence-corrected chi connectivity index (χ4v) is 1.91. The molecule has 2 heteroatoms. The van der Waals surface area contributed by atoms with E-state index in [1.54, 1.807) is 0 Å². The monoisotopic (exact) mass is 228 g/mol. The highest BCUT2D eigenvalue weighted by atomic mass is 16.5. The van der Waals surface area contributed by atoms with Crippen molar-refractivity contribution in [1.29, 1.82) is 0 Å². The average molecular weight is 228 g/mol. The molecule has 0 amide bonds. The second-order valence-corrected chi connectivity index (χ2v) is 4.10. The maximum Gasteiger partial charge on any atom is 0.184 e. The molecule has 0 heterocycles. The summed E-state index contributed by atoms with van der Waals surface area (Å²) in [6, 6.07) is 7.77. The summed E-state index contributed by atoms with van der Waals surface area (Å²) in [5.41, 5.74) is 2.62. The van der Waals surface area contributed by atoms with Crippen LogP contribution in [0, 0.1) is 0 Å². The molecule has 88 valence electrons. The lowest BCUT2D eigenvalue weighted by molar-refractivity contribution is -0.111. The molecule has 0 N–H and O–H groups in total. The largest absolute Gasteiger partial charge is 0.494 e. The van der Waals surface area contributed by atoms with E-state index in [4.69, 9.17) is 4.74 Å². The molecule has 1 aromatic rings. The summed E-state index contributed by atoms with van der Waals surface area (Å²) in [6.45, 7) is 6.38. The first-order valence-corrected chi connectivity index (χ1v) is 5.86. The third-order valence-electron chi connectivity index (χ3n) is 2.84. The summed E-state index contributed by atoms with van der Waals surface area (Å²) in [6.07, 6.45) is 3.54. The summed E-state index contributed by atoms with van der Waals surface area (Å²) in [5, 5.41) is 0. The normalized spacial score (nSPS) is 17.8. The molecule has 17 heavy (non-hydrogen) atoms. The summed E-state index contributed by atoms with van der Waals surface area (Å²) < 4.78 is 5.37. The van der Waals surface area contributed by atoms with E-state index in [2.05, 4.69) is 6.58 Å². The van der Waals surface area contributed by atoms with E-state index in [9.17, 15) is 4.79 Å². The standard InChI is InChI=1S/C15H16O2/c1-3-17-14-8-5-12(6-9-14)10-13-7-4-11(2)15(13)16/h5-6,8-10H,2-4,7H2,1H3. The molecule has 0 atom stereocenters. The lowest BCUT2D eigenvalue weighted by atomic mass is 10.1. The summed E-state index contributed by atoms with van der Waals surface area (Å²) in [5.74, 6) is 0.968. The Morgan fingerprint density at radius 2 is 2.00 bits per heavy atom. The molecule has 1 saturated carbocycles. The lowest BCUT2D eigenvalue weighted by Gasteiger charge is -2.02. The van der Waals surface area contributed by atoms with Crippen molar-refractivity contribution in [1.82, 2.24) is 0 Å². The zero-order valence-corrected chi connectivity index (χ0v) is 10.0. The summed E-state index contributed by atoms with van der Waals surface area (Å²) in [4.78, 5) is 11.7. The Hall–Kier alpha value is -1.83. The minimum absolute atomic E-state index is 0.110. The number of carbonyl (C=O) groups is 1. The predicted molar refractivity (Wildman–Crippen MR) is 69.0 cm³/mol. The van der Waals surface area contributed by atoms with Crippen LogP contribution in [0.15, 0.2) is 42.0 Å². The van der Waals surface area contributed by atoms with Crippen LogP contribution in [0.3, 0.4) is 0 Å². The molecule has 1 aliphatic carbocycles. The molecule has 2 nitrogen and oxygen atoms in total. The van der Waals surface area contributed by atoms with E-state index >= 15 is 0 Å². The van der Waals surface area contributed by atoms with Crippen molar-refractivity contribution in [2.24, 2.45) is 0 Å². The number of ether oxygens (including phenoxy) is 1. The number of hydrogen-bond donors (Lipinski definition) is 0. The third kappa shape index (κ3) is 2.64. The molecule has 0 unspecified atom stereocenters. The van der Waals surface area contributed by atoms with Gasteiger partial charge >= 0.3 is 0 Å². The maximum absolute atomic E-state index is 11.7. The van der Waals surface area contributed by atoms with Crippen LogP contribution in [0.2, 0.25) is 0 Å². The van der Waals surface area contributed by atoms with Gasteiger partial charge < -0.3 is 4.74 Å². The number of benzene rings is 1. The second-order valence-electron chi connectivity index (χ2n) is 4.10. The van der Waals surface area contributed by atoms with Crippen LogP contribution >= 0.6 is 0 Å². The van der Waals surface area contributed by atoms with Crippen LogP contribution in [0.5, 0.6) is 5.75 Å². The quantitative estimate of drug-likeness (QED) is 0.741. The van der Waals surface area contributed by atoms with Gasteiger partial charge in [0.2, 0.25) is 0 Å². The van der Waals surface area contributed by atoms with Crippen LogP contribution in [0.25, 0.3) is 6.08 Å². The predicted octanol–water partition coefficient (Wildman–Crippen LogP) is 3.39. The van der Waals surface area contributed by atoms with Gasteiger partial charge in [-0.05, 0) is 49.1 Å². The smallest absolute Gasteiger partial charge is 0.184 e. The first-order chi connectivity index (χ1) is 8.20. The molecule has 0 aliphatic heterocycles. The summed E-state index contributed by atoms with van der Waals surface area (Å²) >= 11 is 0. The average Bonchev–Trinajstić information content (AvgIpc) is 2.64. The van der Waals surface area contributed by atoms with Crippen molar-refractivity contribution >= 4 is 11.9 Å². The van der Waals surface area contributed by atoms with Crippen LogP contribution in [0.1, 0.15) is 25.3 Å². The molecule has 0 saturated heterocycles. The van der Waals surface area contributed by atoms with Crippen LogP contribution < -0.4 is 4.74 Å². The Morgan fingerprint density at radius 1 is 1.29 bits per heavy atom. The van der Waals surface area contributed by atoms with E-state index in [0.717, 1.165) is 35.3 Å². The Kier molecular flexibility index (Phi) is 3.43. The number of Topliss-reactive ketones (excluding diaryl/α,β-unsaturated/α-hetero) is 1. The van der Waals surface area contributed by atoms with Gasteiger partial charge in [0.15, 0.2) is 5.78 Å². The van der Waals surface area contributed by atoms with Crippen molar-refractivity contribution in [2.45, 2.75) is 19.8 Å². The SMILES string of the molecule is C=C1CCC(=Cc2ccc(OCC)cc2)C1=O. The molecular weight excluding hydrogens is 212 g/mol. The van der Waals surface area contributed by atoms with E-state index in [-0.39, 0.29) is 5.78 Å². The Bertz CT molecular complexity index is 466. The molecule has 0 bridgehead atoms. The van der Waals surface area contributed by atoms with Gasteiger partial charge in [0.1, 0.15) is 5.75 Å². The molecule has 0 radical (unpaired) electrons. The number of allylic oxidation sites excluding steroid dienone is 2. The Balaban J connectivity index is 2.16. The van der Waals surface area contributed by atoms with E-state index in [1.807, 2.05) is 37.3 Å². The molecule has 1 aromatic carbocycles. The zero-order chi connectivity index (χ0) is 12.3. The van der Waals surface area contributed by atoms with E-state index < -0.39 is 0 Å². The van der Waals surface area contributed by atoms with Gasteiger partial charge in [0.25, 0.3) is 0 Å². The van der Waals surface area contributed by atoms with Crippen molar-refractivity contribution in [3.05, 3.63) is 47.6 Å². The van der Waals surface area contributed by atoms with Crippen molar-refractivity contribution in [3.63, 3.8) is 0 Å². The number of ketones is 1. The molecule has 1 fully saturated rings. The van der Waals surface area contributed by atoms with Gasteiger partial charge in [0.05, 0.1) is 6.61 Å². The molecular formula is C15H16O2. The third-order valence-corrected chi connectivity index (χ3v) is 2.84. The van der Waals surface area contributed by atoms with E-state index in [1.165, 1.54) is 0 Å². The Morgan fingerprint density at radius 3 is 2.53 bits per heavy atom. The van der Waals surface area contributed by atoms with Crippen LogP contribution in [0.4, 0.5) is 0 Å². The zero-order valence-electron chi connectivity index (χ0n) is 10.0. The number of carbonyl (C=O) groups excluding carboxylic acids is 1. The van der Waals surface area contributed by atoms with Crippen molar-refractivity contribution < 1.29 is 9.53 Å². The van der Waals surface area contributed by atoms with Gasteiger partial charge in [-0.15, -0.1) is 0 Å². The van der Waals surface area contributed by atoms with Gasteiger partial charge in [-0.1, -0.05) is 18.7 Å².